The van der Waals surface area contributed by atoms with Gasteiger partial charge in [-0.1, -0.05) is 0 Å². The Kier molecular flexibility index (Phi) is 4.21. The van der Waals surface area contributed by atoms with Crippen molar-refractivity contribution in [1.82, 2.24) is 0 Å². The fraction of sp³-hybridized carbons (Fsp3) is 0.273. The van der Waals surface area contributed by atoms with Crippen molar-refractivity contribution in [2.45, 2.75) is 30.3 Å². The molecule has 0 saturated carbocycles. The van der Waals surface area contributed by atoms with Crippen LogP contribution in [0.5, 0.6) is 0 Å². The molecule has 120 valence electrons. The van der Waals surface area contributed by atoms with Crippen LogP contribution in [0, 0.1) is 0 Å². The van der Waals surface area contributed by atoms with E-state index in [2.05, 4.69) is 79.8 Å². The molecule has 2 heteroatoms. The average molecular weight is 499 g/mol. The molecule has 0 amide bonds. The molecule has 2 aromatic rings. The molecule has 1 heterocycles. The summed E-state index contributed by atoms with van der Waals surface area (Å²) in [5.41, 5.74) is 6.06. The van der Waals surface area contributed by atoms with Gasteiger partial charge in [0.15, 0.2) is 0 Å². The van der Waals surface area contributed by atoms with Crippen LogP contribution in [0.25, 0.3) is 12.2 Å². The van der Waals surface area contributed by atoms with E-state index in [1.165, 1.54) is 11.1 Å². The molecule has 2 aromatic carbocycles. The summed E-state index contributed by atoms with van der Waals surface area (Å²) in [6.45, 7) is 2.64. The van der Waals surface area contributed by atoms with Crippen LogP contribution in [0.2, 0.25) is 11.5 Å². The smallest absolute Gasteiger partial charge is 1.00 e. The van der Waals surface area contributed by atoms with Crippen molar-refractivity contribution >= 4 is 12.2 Å². The Hall–Kier alpha value is -0.920. The zero-order valence-corrected chi connectivity index (χ0v) is 18.2. The fourth-order valence-corrected chi connectivity index (χ4v) is 17.7. The third kappa shape index (κ3) is 2.35. The summed E-state index contributed by atoms with van der Waals surface area (Å²) in [5.74, 6) is 1.26. The molecule has 24 heavy (non-hydrogen) atoms. The van der Waals surface area contributed by atoms with Gasteiger partial charge in [-0.2, -0.15) is 0 Å². The molecule has 1 fully saturated rings. The molecule has 5 rings (SSSR count). The van der Waals surface area contributed by atoms with Gasteiger partial charge in [-0.25, -0.2) is 0 Å². The second-order valence-electron chi connectivity index (χ2n) is 7.32. The van der Waals surface area contributed by atoms with E-state index < -0.39 is 21.4 Å². The van der Waals surface area contributed by atoms with Crippen LogP contribution in [0.4, 0.5) is 0 Å². The first-order valence-corrected chi connectivity index (χ1v) is 15.6. The summed E-state index contributed by atoms with van der Waals surface area (Å²) in [4.78, 5) is 0. The molecule has 0 radical (unpaired) electrons. The van der Waals surface area contributed by atoms with Gasteiger partial charge < -0.3 is 12.4 Å². The Bertz CT molecular complexity index is 770. The molecular formula is C22H21ClHf. The third-order valence-corrected chi connectivity index (χ3v) is 17.5. The molecule has 2 atom stereocenters. The summed E-state index contributed by atoms with van der Waals surface area (Å²) in [6, 6.07) is 18.1. The monoisotopic (exact) mass is 500 g/mol. The Morgan fingerprint density at radius 3 is 1.71 bits per heavy atom. The van der Waals surface area contributed by atoms with E-state index in [9.17, 15) is 0 Å². The van der Waals surface area contributed by atoms with Gasteiger partial charge in [0.05, 0.1) is 0 Å². The van der Waals surface area contributed by atoms with Gasteiger partial charge in [-0.15, -0.1) is 0 Å². The zero-order chi connectivity index (χ0) is 15.4. The first kappa shape index (κ1) is 16.5. The van der Waals surface area contributed by atoms with Crippen molar-refractivity contribution in [3.63, 3.8) is 0 Å². The Balaban J connectivity index is 0.00000146. The first-order valence-electron chi connectivity index (χ1n) is 8.68. The maximum Gasteiger partial charge on any atom is -1.00 e. The molecule has 1 saturated heterocycles. The van der Waals surface area contributed by atoms with E-state index in [-0.39, 0.29) is 12.4 Å². The standard InChI is InChI=1S/C20H17.C2H4.ClH.Hf/c1-14(17-12-10-15-6-2-4-8-19(15)17)18-13-11-16-7-3-5-9-20(16)18;1-2;;/h2-13,17-18H,1H3;1-2H2;1H;/q;;;+1/p-1. The quantitative estimate of drug-likeness (QED) is 0.570. The normalized spacial score (nSPS) is 25.0. The van der Waals surface area contributed by atoms with Gasteiger partial charge in [-0.3, -0.25) is 0 Å². The average Bonchev–Trinajstić information content (AvgIpc) is 3.21. The van der Waals surface area contributed by atoms with Gasteiger partial charge in [-0.05, 0) is 0 Å². The van der Waals surface area contributed by atoms with Crippen molar-refractivity contribution in [2.24, 2.45) is 0 Å². The third-order valence-electron chi connectivity index (χ3n) is 6.15. The number of benzene rings is 2. The Labute approximate surface area is 158 Å². The molecule has 1 aliphatic heterocycles. The number of hydrogen-bond donors (Lipinski definition) is 0. The zero-order valence-electron chi connectivity index (χ0n) is 13.9. The van der Waals surface area contributed by atoms with Crippen molar-refractivity contribution in [2.75, 3.05) is 0 Å². The maximum absolute atomic E-state index is 2.64. The molecule has 0 spiro atoms. The van der Waals surface area contributed by atoms with Crippen LogP contribution in [-0.4, -0.2) is 0 Å². The molecule has 2 aliphatic carbocycles. The van der Waals surface area contributed by atoms with Crippen LogP contribution >= 0.6 is 0 Å². The predicted octanol–water partition coefficient (Wildman–Crippen LogP) is 3.26. The van der Waals surface area contributed by atoms with E-state index in [1.54, 1.807) is 19.5 Å². The second kappa shape index (κ2) is 6.11. The van der Waals surface area contributed by atoms with E-state index in [4.69, 9.17) is 0 Å². The number of allylic oxidation sites excluding steroid dienone is 2. The molecular weight excluding hydrogens is 478 g/mol. The van der Waals surface area contributed by atoms with Gasteiger partial charge in [0, 0.05) is 0 Å². The van der Waals surface area contributed by atoms with Crippen LogP contribution in [-0.2, 0) is 21.4 Å². The van der Waals surface area contributed by atoms with Crippen LogP contribution in [0.15, 0.2) is 60.7 Å². The minimum absolute atomic E-state index is 0. The summed E-state index contributed by atoms with van der Waals surface area (Å²) in [7, 11) is 0. The molecule has 0 aromatic heterocycles. The van der Waals surface area contributed by atoms with E-state index in [0.717, 1.165) is 0 Å². The van der Waals surface area contributed by atoms with Crippen LogP contribution < -0.4 is 12.4 Å². The largest absolute Gasteiger partial charge is 1.00 e. The molecule has 0 bridgehead atoms. The summed E-state index contributed by atoms with van der Waals surface area (Å²) < 4.78 is 3.69. The van der Waals surface area contributed by atoms with Crippen molar-refractivity contribution in [1.29, 1.82) is 0 Å². The molecule has 3 aliphatic rings. The summed E-state index contributed by atoms with van der Waals surface area (Å²) in [6.07, 6.45) is 9.79. The van der Waals surface area contributed by atoms with E-state index >= 15 is 0 Å². The van der Waals surface area contributed by atoms with Crippen molar-refractivity contribution in [3.05, 3.63) is 82.9 Å². The van der Waals surface area contributed by atoms with Gasteiger partial charge in [0.25, 0.3) is 0 Å². The number of fused-ring (bicyclic) bond motifs is 2. The number of hydrogen-bond acceptors (Lipinski definition) is 0. The maximum atomic E-state index is 2.64. The molecule has 0 nitrogen and oxygen atoms in total. The van der Waals surface area contributed by atoms with E-state index in [1.807, 2.05) is 0 Å². The van der Waals surface area contributed by atoms with Gasteiger partial charge in [0.1, 0.15) is 0 Å². The fourth-order valence-electron chi connectivity index (χ4n) is 4.78. The minimum Gasteiger partial charge on any atom is -1.00 e. The number of rotatable bonds is 3. The van der Waals surface area contributed by atoms with E-state index in [0.29, 0.717) is 15.0 Å². The minimum atomic E-state index is -1.48. The van der Waals surface area contributed by atoms with Gasteiger partial charge in [0.2, 0.25) is 0 Å². The molecule has 0 N–H and O–H groups in total. The number of halogens is 1. The van der Waals surface area contributed by atoms with Gasteiger partial charge >= 0.3 is 147 Å². The summed E-state index contributed by atoms with van der Waals surface area (Å²) in [5, 5.41) is 0. The second-order valence-corrected chi connectivity index (χ2v) is 19.1. The van der Waals surface area contributed by atoms with Crippen LogP contribution in [0.3, 0.4) is 0 Å². The SMILES string of the molecule is C[C](C1C=Cc2ccccc21)(C1C=Cc2ccccc21)[Hf+]1[CH2][CH2]1.[Cl-]. The first-order chi connectivity index (χ1) is 11.3. The Morgan fingerprint density at radius 1 is 0.792 bits per heavy atom. The topological polar surface area (TPSA) is 0 Å². The Morgan fingerprint density at radius 2 is 1.25 bits per heavy atom. The summed E-state index contributed by atoms with van der Waals surface area (Å²) >= 11 is -1.48. The van der Waals surface area contributed by atoms with Crippen molar-refractivity contribution in [3.8, 4) is 0 Å². The predicted molar refractivity (Wildman–Crippen MR) is 94.4 cm³/mol. The molecule has 2 unspecified atom stereocenters. The van der Waals surface area contributed by atoms with Crippen LogP contribution in [0.1, 0.15) is 41.0 Å². The van der Waals surface area contributed by atoms with Crippen molar-refractivity contribution < 1.29 is 33.8 Å².